The van der Waals surface area contributed by atoms with E-state index in [1.165, 1.54) is 42.1 Å². The molecule has 0 radical (unpaired) electrons. The zero-order valence-electron chi connectivity index (χ0n) is 12.6. The molecule has 1 amide bonds. The molecule has 2 aromatic rings. The number of carbonyl (C=O) groups excluding carboxylic acids is 1. The second kappa shape index (κ2) is 6.73. The second-order valence-corrected chi connectivity index (χ2v) is 4.86. The third-order valence-electron chi connectivity index (χ3n) is 3.14. The Morgan fingerprint density at radius 2 is 2.09 bits per heavy atom. The number of benzene rings is 1. The van der Waals surface area contributed by atoms with Gasteiger partial charge in [-0.2, -0.15) is 0 Å². The normalized spacial score (nSPS) is 10.2. The molecule has 2 rings (SSSR count). The predicted octanol–water partition coefficient (Wildman–Crippen LogP) is 1.71. The van der Waals surface area contributed by atoms with Crippen LogP contribution in [0.1, 0.15) is 5.56 Å². The minimum Gasteiger partial charge on any atom is -0.496 e. The summed E-state index contributed by atoms with van der Waals surface area (Å²) in [4.78, 5) is 34.2. The number of hydrogen-bond donors (Lipinski definition) is 1. The van der Waals surface area contributed by atoms with Crippen LogP contribution in [-0.2, 0) is 11.3 Å². The first kappa shape index (κ1) is 16.2. The van der Waals surface area contributed by atoms with E-state index >= 15 is 0 Å². The first-order valence-electron chi connectivity index (χ1n) is 6.70. The monoisotopic (exact) mass is 317 g/mol. The van der Waals surface area contributed by atoms with E-state index in [4.69, 9.17) is 4.74 Å². The van der Waals surface area contributed by atoms with E-state index < -0.39 is 10.8 Å². The van der Waals surface area contributed by atoms with Crippen molar-refractivity contribution in [1.82, 2.24) is 4.57 Å². The molecule has 0 aliphatic rings. The van der Waals surface area contributed by atoms with Gasteiger partial charge < -0.3 is 14.6 Å². The number of carbonyl (C=O) groups is 1. The Hall–Kier alpha value is -3.16. The fourth-order valence-electron chi connectivity index (χ4n) is 1.98. The van der Waals surface area contributed by atoms with Gasteiger partial charge in [-0.05, 0) is 30.7 Å². The van der Waals surface area contributed by atoms with Crippen molar-refractivity contribution < 1.29 is 14.5 Å². The van der Waals surface area contributed by atoms with Crippen LogP contribution in [0.15, 0.2) is 41.3 Å². The van der Waals surface area contributed by atoms with Crippen LogP contribution in [0.25, 0.3) is 0 Å². The third-order valence-corrected chi connectivity index (χ3v) is 3.14. The maximum atomic E-state index is 12.0. The van der Waals surface area contributed by atoms with Gasteiger partial charge in [-0.3, -0.25) is 19.7 Å². The average Bonchev–Trinajstić information content (AvgIpc) is 2.50. The summed E-state index contributed by atoms with van der Waals surface area (Å²) in [5.41, 5.74) is 0.233. The molecule has 1 N–H and O–H groups in total. The van der Waals surface area contributed by atoms with Gasteiger partial charge >= 0.3 is 0 Å². The summed E-state index contributed by atoms with van der Waals surface area (Å²) in [6.07, 6.45) is 1.50. The Kier molecular flexibility index (Phi) is 4.75. The molecule has 0 saturated carbocycles. The molecule has 1 aromatic heterocycles. The Balaban J connectivity index is 2.20. The number of aromatic nitrogens is 1. The predicted molar refractivity (Wildman–Crippen MR) is 83.7 cm³/mol. The highest BCUT2D eigenvalue weighted by Gasteiger charge is 2.17. The van der Waals surface area contributed by atoms with Gasteiger partial charge in [0.1, 0.15) is 18.0 Å². The van der Waals surface area contributed by atoms with E-state index in [2.05, 4.69) is 5.32 Å². The van der Waals surface area contributed by atoms with Crippen LogP contribution in [0.3, 0.4) is 0 Å². The number of nitrogens with zero attached hydrogens (tertiary/aromatic N) is 2. The van der Waals surface area contributed by atoms with Crippen LogP contribution in [-0.4, -0.2) is 22.5 Å². The summed E-state index contributed by atoms with van der Waals surface area (Å²) in [7, 11) is 1.39. The minimum atomic E-state index is -0.615. The number of rotatable bonds is 5. The number of nitro benzene ring substituents is 1. The van der Waals surface area contributed by atoms with Crippen molar-refractivity contribution in [2.24, 2.45) is 0 Å². The lowest BCUT2D eigenvalue weighted by Gasteiger charge is -2.09. The molecule has 1 heterocycles. The molecule has 0 fully saturated rings. The standard InChI is InChI=1S/C15H15N3O5/c1-10-5-6-17(15(20)7-10)9-14(19)16-12-4-3-11(23-2)8-13(12)18(21)22/h3-8H,9H2,1-2H3,(H,16,19). The lowest BCUT2D eigenvalue weighted by Crippen LogP contribution is -2.27. The zero-order valence-corrected chi connectivity index (χ0v) is 12.6. The fraction of sp³-hybridized carbons (Fsp3) is 0.200. The van der Waals surface area contributed by atoms with Crippen LogP contribution in [0.5, 0.6) is 5.75 Å². The van der Waals surface area contributed by atoms with Gasteiger partial charge in [0.15, 0.2) is 0 Å². The Morgan fingerprint density at radius 3 is 2.70 bits per heavy atom. The number of pyridine rings is 1. The van der Waals surface area contributed by atoms with E-state index in [0.29, 0.717) is 5.75 Å². The minimum absolute atomic E-state index is 0.0426. The molecule has 23 heavy (non-hydrogen) atoms. The van der Waals surface area contributed by atoms with Crippen LogP contribution in [0, 0.1) is 17.0 Å². The van der Waals surface area contributed by atoms with Crippen molar-refractivity contribution in [1.29, 1.82) is 0 Å². The molecule has 8 heteroatoms. The van der Waals surface area contributed by atoms with Crippen LogP contribution in [0.2, 0.25) is 0 Å². The first-order valence-corrected chi connectivity index (χ1v) is 6.70. The van der Waals surface area contributed by atoms with E-state index in [0.717, 1.165) is 5.56 Å². The molecule has 0 aliphatic carbocycles. The van der Waals surface area contributed by atoms with Crippen LogP contribution < -0.4 is 15.6 Å². The Bertz CT molecular complexity index is 813. The summed E-state index contributed by atoms with van der Waals surface area (Å²) in [5, 5.41) is 13.5. The topological polar surface area (TPSA) is 103 Å². The molecule has 120 valence electrons. The number of aryl methyl sites for hydroxylation is 1. The molecule has 0 saturated heterocycles. The van der Waals surface area contributed by atoms with Crippen LogP contribution in [0.4, 0.5) is 11.4 Å². The molecular formula is C15H15N3O5. The van der Waals surface area contributed by atoms with Gasteiger partial charge in [0.2, 0.25) is 5.91 Å². The number of amides is 1. The van der Waals surface area contributed by atoms with Gasteiger partial charge in [0, 0.05) is 12.3 Å². The van der Waals surface area contributed by atoms with Crippen molar-refractivity contribution in [2.45, 2.75) is 13.5 Å². The summed E-state index contributed by atoms with van der Waals surface area (Å²) >= 11 is 0. The lowest BCUT2D eigenvalue weighted by atomic mass is 10.2. The van der Waals surface area contributed by atoms with E-state index in [9.17, 15) is 19.7 Å². The zero-order chi connectivity index (χ0) is 17.0. The van der Waals surface area contributed by atoms with Gasteiger partial charge in [-0.1, -0.05) is 0 Å². The maximum Gasteiger partial charge on any atom is 0.296 e. The Labute approximate surface area is 131 Å². The van der Waals surface area contributed by atoms with Gasteiger partial charge in [0.05, 0.1) is 18.1 Å². The summed E-state index contributed by atoms with van der Waals surface area (Å²) in [6.45, 7) is 1.54. The molecule has 0 aliphatic heterocycles. The van der Waals surface area contributed by atoms with Crippen molar-refractivity contribution in [2.75, 3.05) is 12.4 Å². The van der Waals surface area contributed by atoms with Crippen molar-refractivity contribution in [3.05, 3.63) is 62.6 Å². The van der Waals surface area contributed by atoms with Gasteiger partial charge in [-0.15, -0.1) is 0 Å². The fourth-order valence-corrected chi connectivity index (χ4v) is 1.98. The molecule has 1 aromatic carbocycles. The number of anilines is 1. The highest BCUT2D eigenvalue weighted by atomic mass is 16.6. The van der Waals surface area contributed by atoms with Gasteiger partial charge in [0.25, 0.3) is 11.2 Å². The molecule has 0 bridgehead atoms. The van der Waals surface area contributed by atoms with Crippen molar-refractivity contribution >= 4 is 17.3 Å². The smallest absolute Gasteiger partial charge is 0.296 e. The summed E-state index contributed by atoms with van der Waals surface area (Å²) < 4.78 is 6.14. The quantitative estimate of drug-likeness (QED) is 0.668. The van der Waals surface area contributed by atoms with Gasteiger partial charge in [-0.25, -0.2) is 0 Å². The maximum absolute atomic E-state index is 12.0. The summed E-state index contributed by atoms with van der Waals surface area (Å²) in [6, 6.07) is 7.20. The third kappa shape index (κ3) is 3.94. The number of hydrogen-bond acceptors (Lipinski definition) is 5. The van der Waals surface area contributed by atoms with Crippen molar-refractivity contribution in [3.63, 3.8) is 0 Å². The lowest BCUT2D eigenvalue weighted by molar-refractivity contribution is -0.384. The molecule has 8 nitrogen and oxygen atoms in total. The van der Waals surface area contributed by atoms with E-state index in [1.807, 2.05) is 0 Å². The first-order chi connectivity index (χ1) is 10.9. The Morgan fingerprint density at radius 1 is 1.35 bits per heavy atom. The molecule has 0 spiro atoms. The van der Waals surface area contributed by atoms with E-state index in [-0.39, 0.29) is 23.5 Å². The van der Waals surface area contributed by atoms with E-state index in [1.54, 1.807) is 13.0 Å². The summed E-state index contributed by atoms with van der Waals surface area (Å²) in [5.74, 6) is -0.228. The SMILES string of the molecule is COc1ccc(NC(=O)Cn2ccc(C)cc2=O)c([N+](=O)[O-])c1. The largest absolute Gasteiger partial charge is 0.496 e. The highest BCUT2D eigenvalue weighted by Crippen LogP contribution is 2.28. The number of nitro groups is 1. The average molecular weight is 317 g/mol. The number of ether oxygens (including phenoxy) is 1. The molecular weight excluding hydrogens is 302 g/mol. The number of nitrogens with one attached hydrogen (secondary N) is 1. The molecule has 0 unspecified atom stereocenters. The highest BCUT2D eigenvalue weighted by molar-refractivity contribution is 5.93. The van der Waals surface area contributed by atoms with Crippen LogP contribution >= 0.6 is 0 Å². The second-order valence-electron chi connectivity index (χ2n) is 4.86. The number of methoxy groups -OCH3 is 1. The van der Waals surface area contributed by atoms with Crippen molar-refractivity contribution in [3.8, 4) is 5.75 Å². The molecule has 0 atom stereocenters.